The fourth-order valence-corrected chi connectivity index (χ4v) is 5.61. The number of piperidine rings is 1. The molecule has 7 heteroatoms. The molecule has 17 heavy (non-hydrogen) atoms. The second-order valence-corrected chi connectivity index (χ2v) is 7.81. The zero-order valence-corrected chi connectivity index (χ0v) is 11.6. The quantitative estimate of drug-likeness (QED) is 0.840. The number of hydrogen-bond donors (Lipinski definition) is 1. The minimum atomic E-state index is -3.38. The maximum Gasteiger partial charge on any atom is 0.260 e. The van der Waals surface area contributed by atoms with Gasteiger partial charge in [-0.05, 0) is 25.7 Å². The Bertz CT molecular complexity index is 488. The molecular formula is C10H14BrN3O2S. The van der Waals surface area contributed by atoms with Gasteiger partial charge in [0.2, 0.25) is 0 Å². The molecule has 0 radical (unpaired) electrons. The van der Waals surface area contributed by atoms with Crippen LogP contribution in [-0.2, 0) is 10.0 Å². The van der Waals surface area contributed by atoms with Crippen molar-refractivity contribution < 1.29 is 8.42 Å². The Labute approximate surface area is 109 Å². The van der Waals surface area contributed by atoms with Crippen molar-refractivity contribution in [3.05, 3.63) is 12.5 Å². The highest BCUT2D eigenvalue weighted by Crippen LogP contribution is 2.41. The molecule has 3 rings (SSSR count). The van der Waals surface area contributed by atoms with Gasteiger partial charge in [0, 0.05) is 16.9 Å². The Hall–Kier alpha value is -0.400. The fraction of sp³-hybridized carbons (Fsp3) is 0.700. The lowest BCUT2D eigenvalue weighted by Gasteiger charge is -2.35. The van der Waals surface area contributed by atoms with Crippen molar-refractivity contribution in [3.8, 4) is 0 Å². The Morgan fingerprint density at radius 2 is 2.00 bits per heavy atom. The number of halogens is 1. The SMILES string of the molecule is O=S(=O)(c1cnc[nH]1)N1C2CCC1CC(Br)C2. The van der Waals surface area contributed by atoms with E-state index in [-0.39, 0.29) is 17.1 Å². The zero-order chi connectivity index (χ0) is 12.0. The molecule has 2 aliphatic rings. The van der Waals surface area contributed by atoms with Crippen molar-refractivity contribution in [2.75, 3.05) is 0 Å². The highest BCUT2D eigenvalue weighted by Gasteiger charge is 2.47. The number of H-pyrrole nitrogens is 1. The molecular weight excluding hydrogens is 306 g/mol. The number of aromatic amines is 1. The van der Waals surface area contributed by atoms with Crippen molar-refractivity contribution in [1.82, 2.24) is 14.3 Å². The molecule has 0 aromatic carbocycles. The summed E-state index contributed by atoms with van der Waals surface area (Å²) >= 11 is 3.61. The lowest BCUT2D eigenvalue weighted by molar-refractivity contribution is 0.254. The van der Waals surface area contributed by atoms with Crippen LogP contribution in [0.25, 0.3) is 0 Å². The molecule has 2 aliphatic heterocycles. The van der Waals surface area contributed by atoms with Gasteiger partial charge in [0.1, 0.15) is 0 Å². The molecule has 2 unspecified atom stereocenters. The molecule has 0 aliphatic carbocycles. The molecule has 1 aromatic heterocycles. The van der Waals surface area contributed by atoms with E-state index < -0.39 is 10.0 Å². The van der Waals surface area contributed by atoms with E-state index in [0.29, 0.717) is 4.83 Å². The highest BCUT2D eigenvalue weighted by atomic mass is 79.9. The number of nitrogens with zero attached hydrogens (tertiary/aromatic N) is 2. The molecule has 3 heterocycles. The monoisotopic (exact) mass is 319 g/mol. The first-order valence-corrected chi connectivity index (χ1v) is 8.10. The second kappa shape index (κ2) is 4.07. The topological polar surface area (TPSA) is 66.1 Å². The van der Waals surface area contributed by atoms with Gasteiger partial charge in [-0.3, -0.25) is 0 Å². The Morgan fingerprint density at radius 3 is 2.53 bits per heavy atom. The van der Waals surface area contributed by atoms with Gasteiger partial charge < -0.3 is 4.98 Å². The lowest BCUT2D eigenvalue weighted by atomic mass is 10.1. The van der Waals surface area contributed by atoms with Gasteiger partial charge in [-0.25, -0.2) is 13.4 Å². The maximum absolute atomic E-state index is 12.5. The number of alkyl halides is 1. The van der Waals surface area contributed by atoms with Crippen LogP contribution in [0.2, 0.25) is 0 Å². The van der Waals surface area contributed by atoms with Gasteiger partial charge in [0.25, 0.3) is 10.0 Å². The van der Waals surface area contributed by atoms with Crippen LogP contribution in [0.15, 0.2) is 17.6 Å². The van der Waals surface area contributed by atoms with E-state index in [1.807, 2.05) is 0 Å². The first-order chi connectivity index (χ1) is 8.09. The van der Waals surface area contributed by atoms with Crippen molar-refractivity contribution in [2.45, 2.75) is 47.6 Å². The van der Waals surface area contributed by atoms with Crippen molar-refractivity contribution >= 4 is 26.0 Å². The molecule has 0 saturated carbocycles. The van der Waals surface area contributed by atoms with Crippen LogP contribution in [0.3, 0.4) is 0 Å². The van der Waals surface area contributed by atoms with Crippen LogP contribution in [-0.4, -0.2) is 39.6 Å². The largest absolute Gasteiger partial charge is 0.335 e. The van der Waals surface area contributed by atoms with E-state index >= 15 is 0 Å². The van der Waals surface area contributed by atoms with E-state index in [0.717, 1.165) is 25.7 Å². The Balaban J connectivity index is 1.96. The van der Waals surface area contributed by atoms with E-state index in [2.05, 4.69) is 25.9 Å². The number of rotatable bonds is 2. The normalized spacial score (nSPS) is 34.1. The molecule has 2 saturated heterocycles. The van der Waals surface area contributed by atoms with Crippen LogP contribution in [0, 0.1) is 0 Å². The summed E-state index contributed by atoms with van der Waals surface area (Å²) in [5.74, 6) is 0. The van der Waals surface area contributed by atoms with Crippen LogP contribution in [0.4, 0.5) is 0 Å². The summed E-state index contributed by atoms with van der Waals surface area (Å²) in [6, 6.07) is 0.290. The summed E-state index contributed by atoms with van der Waals surface area (Å²) in [5.41, 5.74) is 0. The maximum atomic E-state index is 12.5. The van der Waals surface area contributed by atoms with Gasteiger partial charge in [0.15, 0.2) is 5.03 Å². The summed E-state index contributed by atoms with van der Waals surface area (Å²) < 4.78 is 26.6. The predicted octanol–water partition coefficient (Wildman–Crippen LogP) is 1.49. The molecule has 5 nitrogen and oxygen atoms in total. The average molecular weight is 320 g/mol. The molecule has 2 atom stereocenters. The molecule has 0 spiro atoms. The average Bonchev–Trinajstić information content (AvgIpc) is 2.86. The van der Waals surface area contributed by atoms with E-state index in [1.54, 1.807) is 4.31 Å². The number of aromatic nitrogens is 2. The number of sulfonamides is 1. The smallest absolute Gasteiger partial charge is 0.260 e. The molecule has 0 amide bonds. The van der Waals surface area contributed by atoms with Gasteiger partial charge >= 0.3 is 0 Å². The first kappa shape index (κ1) is 11.7. The first-order valence-electron chi connectivity index (χ1n) is 5.75. The third kappa shape index (κ3) is 1.84. The summed E-state index contributed by atoms with van der Waals surface area (Å²) in [6.45, 7) is 0. The number of fused-ring (bicyclic) bond motifs is 2. The van der Waals surface area contributed by atoms with Crippen molar-refractivity contribution in [3.63, 3.8) is 0 Å². The number of imidazole rings is 1. The lowest BCUT2D eigenvalue weighted by Crippen LogP contribution is -2.46. The predicted molar refractivity (Wildman–Crippen MR) is 66.4 cm³/mol. The van der Waals surface area contributed by atoms with Crippen LogP contribution >= 0.6 is 15.9 Å². The molecule has 1 aromatic rings. The van der Waals surface area contributed by atoms with Gasteiger partial charge in [-0.15, -0.1) is 0 Å². The third-order valence-electron chi connectivity index (χ3n) is 3.64. The van der Waals surface area contributed by atoms with Crippen LogP contribution in [0.1, 0.15) is 25.7 Å². The van der Waals surface area contributed by atoms with E-state index in [4.69, 9.17) is 0 Å². The van der Waals surface area contributed by atoms with Crippen molar-refractivity contribution in [1.29, 1.82) is 0 Å². The zero-order valence-electron chi connectivity index (χ0n) is 9.21. The fourth-order valence-electron chi connectivity index (χ4n) is 2.96. The number of nitrogens with one attached hydrogen (secondary N) is 1. The molecule has 94 valence electrons. The molecule has 2 fully saturated rings. The number of hydrogen-bond acceptors (Lipinski definition) is 3. The standard InChI is InChI=1S/C10H14BrN3O2S/c11-7-3-8-1-2-9(4-7)14(8)17(15,16)10-5-12-6-13-10/h5-9H,1-4H2,(H,12,13). The summed E-state index contributed by atoms with van der Waals surface area (Å²) in [6.07, 6.45) is 6.55. The molecule has 2 bridgehead atoms. The van der Waals surface area contributed by atoms with E-state index in [9.17, 15) is 8.42 Å². The minimum absolute atomic E-state index is 0.145. The van der Waals surface area contributed by atoms with Crippen LogP contribution < -0.4 is 0 Å². The minimum Gasteiger partial charge on any atom is -0.335 e. The summed E-state index contributed by atoms with van der Waals surface area (Å²) in [7, 11) is -3.38. The van der Waals surface area contributed by atoms with Gasteiger partial charge in [0.05, 0.1) is 12.5 Å². The van der Waals surface area contributed by atoms with Crippen LogP contribution in [0.5, 0.6) is 0 Å². The second-order valence-electron chi connectivity index (χ2n) is 4.70. The summed E-state index contributed by atoms with van der Waals surface area (Å²) in [5, 5.41) is 0.211. The Kier molecular flexibility index (Phi) is 2.79. The van der Waals surface area contributed by atoms with Gasteiger partial charge in [-0.2, -0.15) is 4.31 Å². The van der Waals surface area contributed by atoms with Crippen molar-refractivity contribution in [2.24, 2.45) is 0 Å². The molecule has 1 N–H and O–H groups in total. The van der Waals surface area contributed by atoms with E-state index in [1.165, 1.54) is 12.5 Å². The highest BCUT2D eigenvalue weighted by molar-refractivity contribution is 9.09. The summed E-state index contributed by atoms with van der Waals surface area (Å²) in [4.78, 5) is 6.95. The third-order valence-corrected chi connectivity index (χ3v) is 6.32. The Morgan fingerprint density at radius 1 is 1.35 bits per heavy atom. The van der Waals surface area contributed by atoms with Gasteiger partial charge in [-0.1, -0.05) is 15.9 Å².